The minimum absolute atomic E-state index is 0.0287. The molecule has 0 unspecified atom stereocenters. The minimum atomic E-state index is -4.41. The highest BCUT2D eigenvalue weighted by molar-refractivity contribution is 7.11. The van der Waals surface area contributed by atoms with Crippen LogP contribution >= 0.6 is 11.3 Å². The lowest BCUT2D eigenvalue weighted by atomic mass is 9.96. The lowest BCUT2D eigenvalue weighted by molar-refractivity contribution is -0.137. The highest BCUT2D eigenvalue weighted by Crippen LogP contribution is 2.33. The number of benzene rings is 2. The molecule has 2 aliphatic heterocycles. The van der Waals surface area contributed by atoms with Gasteiger partial charge in [0.15, 0.2) is 5.01 Å². The van der Waals surface area contributed by atoms with Crippen LogP contribution in [0.25, 0.3) is 11.1 Å². The van der Waals surface area contributed by atoms with Crippen molar-refractivity contribution < 1.29 is 22.8 Å². The first-order valence-corrected chi connectivity index (χ1v) is 12.6. The van der Waals surface area contributed by atoms with E-state index in [0.717, 1.165) is 30.8 Å². The Kier molecular flexibility index (Phi) is 6.57. The molecule has 36 heavy (non-hydrogen) atoms. The average molecular weight is 515 g/mol. The summed E-state index contributed by atoms with van der Waals surface area (Å²) >= 11 is 1.35. The van der Waals surface area contributed by atoms with Gasteiger partial charge in [-0.25, -0.2) is 4.98 Å². The minimum Gasteiger partial charge on any atom is -0.335 e. The molecule has 0 atom stereocenters. The van der Waals surface area contributed by atoms with Gasteiger partial charge in [-0.15, -0.1) is 11.3 Å². The quantitative estimate of drug-likeness (QED) is 0.517. The zero-order valence-corrected chi connectivity index (χ0v) is 20.5. The predicted molar refractivity (Wildman–Crippen MR) is 131 cm³/mol. The molecular formula is C26H25F3N4O2S. The molecule has 1 aromatic heterocycles. The van der Waals surface area contributed by atoms with Gasteiger partial charge in [0.25, 0.3) is 11.8 Å². The van der Waals surface area contributed by atoms with Crippen LogP contribution < -0.4 is 0 Å². The second-order valence-electron chi connectivity index (χ2n) is 9.14. The largest absolute Gasteiger partial charge is 0.416 e. The molecule has 0 spiro atoms. The molecule has 0 aliphatic carbocycles. The van der Waals surface area contributed by atoms with E-state index in [1.165, 1.54) is 17.4 Å². The topological polar surface area (TPSA) is 56.8 Å². The lowest BCUT2D eigenvalue weighted by Gasteiger charge is -2.48. The number of thiazole rings is 1. The van der Waals surface area contributed by atoms with Crippen LogP contribution in [-0.2, 0) is 6.18 Å². The van der Waals surface area contributed by atoms with Crippen molar-refractivity contribution in [2.24, 2.45) is 0 Å². The number of halogens is 3. The van der Waals surface area contributed by atoms with Crippen molar-refractivity contribution in [2.75, 3.05) is 39.3 Å². The number of hydrogen-bond acceptors (Lipinski definition) is 5. The normalized spacial score (nSPS) is 17.2. The van der Waals surface area contributed by atoms with Crippen LogP contribution in [0.15, 0.2) is 54.0 Å². The number of piperazine rings is 1. The van der Waals surface area contributed by atoms with E-state index in [1.54, 1.807) is 47.7 Å². The maximum atomic E-state index is 13.1. The second kappa shape index (κ2) is 9.67. The Hall–Kier alpha value is -3.24. The van der Waals surface area contributed by atoms with Crippen LogP contribution in [0.4, 0.5) is 13.2 Å². The molecule has 2 saturated heterocycles. The third kappa shape index (κ3) is 4.87. The summed E-state index contributed by atoms with van der Waals surface area (Å²) in [5.74, 6) is -0.110. The summed E-state index contributed by atoms with van der Waals surface area (Å²) in [6.45, 7) is 5.83. The molecule has 5 rings (SSSR count). The zero-order valence-electron chi connectivity index (χ0n) is 19.7. The van der Waals surface area contributed by atoms with Crippen molar-refractivity contribution >= 4 is 23.2 Å². The van der Waals surface area contributed by atoms with Crippen LogP contribution in [0.1, 0.15) is 31.3 Å². The summed E-state index contributed by atoms with van der Waals surface area (Å²) in [4.78, 5) is 35.5. The number of nitrogens with zero attached hydrogens (tertiary/aromatic N) is 4. The average Bonchev–Trinajstić information content (AvgIpc) is 3.37. The van der Waals surface area contributed by atoms with Gasteiger partial charge in [-0.05, 0) is 47.9 Å². The molecule has 2 amide bonds. The highest BCUT2D eigenvalue weighted by Gasteiger charge is 2.37. The molecule has 2 aromatic carbocycles. The number of hydrogen-bond donors (Lipinski definition) is 0. The molecule has 0 radical (unpaired) electrons. The molecule has 188 valence electrons. The van der Waals surface area contributed by atoms with Gasteiger partial charge in [0.2, 0.25) is 0 Å². The monoisotopic (exact) mass is 514 g/mol. The van der Waals surface area contributed by atoms with E-state index in [4.69, 9.17) is 0 Å². The van der Waals surface area contributed by atoms with E-state index >= 15 is 0 Å². The maximum Gasteiger partial charge on any atom is 0.416 e. The third-order valence-corrected chi connectivity index (χ3v) is 7.62. The Bertz CT molecular complexity index is 1260. The van der Waals surface area contributed by atoms with Crippen LogP contribution in [0.2, 0.25) is 0 Å². The van der Waals surface area contributed by atoms with Gasteiger partial charge >= 0.3 is 6.18 Å². The lowest BCUT2D eigenvalue weighted by Crippen LogP contribution is -2.64. The van der Waals surface area contributed by atoms with Crippen LogP contribution in [0.3, 0.4) is 0 Å². The van der Waals surface area contributed by atoms with Crippen molar-refractivity contribution in [1.29, 1.82) is 0 Å². The van der Waals surface area contributed by atoms with Crippen LogP contribution in [0.5, 0.6) is 0 Å². The second-order valence-corrected chi connectivity index (χ2v) is 10.0. The summed E-state index contributed by atoms with van der Waals surface area (Å²) in [6.07, 6.45) is -2.77. The first-order chi connectivity index (χ1) is 17.2. The summed E-state index contributed by atoms with van der Waals surface area (Å²) in [6, 6.07) is 10.6. The number of rotatable bonds is 4. The van der Waals surface area contributed by atoms with E-state index in [9.17, 15) is 22.8 Å². The van der Waals surface area contributed by atoms with Gasteiger partial charge in [0.1, 0.15) is 0 Å². The van der Waals surface area contributed by atoms with Gasteiger partial charge in [-0.2, -0.15) is 13.2 Å². The zero-order chi connectivity index (χ0) is 25.4. The molecule has 10 heteroatoms. The fraction of sp³-hybridized carbons (Fsp3) is 0.346. The Morgan fingerprint density at radius 1 is 0.972 bits per heavy atom. The highest BCUT2D eigenvalue weighted by atomic mass is 32.1. The molecule has 6 nitrogen and oxygen atoms in total. The number of carbonyl (C=O) groups excluding carboxylic acids is 2. The molecule has 2 fully saturated rings. The molecule has 0 N–H and O–H groups in total. The molecule has 3 heterocycles. The number of alkyl halides is 3. The Balaban J connectivity index is 1.17. The molecule has 0 saturated carbocycles. The summed E-state index contributed by atoms with van der Waals surface area (Å²) in [5.41, 5.74) is 1.72. The number of amides is 2. The fourth-order valence-electron chi connectivity index (χ4n) is 4.77. The first kappa shape index (κ1) is 24.5. The van der Waals surface area contributed by atoms with Crippen molar-refractivity contribution in [3.05, 3.63) is 75.7 Å². The number of aryl methyl sites for hydroxylation is 1. The van der Waals surface area contributed by atoms with Crippen LogP contribution in [0, 0.1) is 6.92 Å². The van der Waals surface area contributed by atoms with Crippen molar-refractivity contribution in [3.63, 3.8) is 0 Å². The fourth-order valence-corrected chi connectivity index (χ4v) is 5.38. The molecule has 3 aromatic rings. The molecule has 2 aliphatic rings. The Morgan fingerprint density at radius 3 is 2.36 bits per heavy atom. The Labute approximate surface area is 211 Å². The van der Waals surface area contributed by atoms with E-state index in [1.807, 2.05) is 4.90 Å². The smallest absolute Gasteiger partial charge is 0.335 e. The Morgan fingerprint density at radius 2 is 1.72 bits per heavy atom. The van der Waals surface area contributed by atoms with Gasteiger partial charge in [-0.1, -0.05) is 18.2 Å². The van der Waals surface area contributed by atoms with E-state index in [0.29, 0.717) is 47.9 Å². The predicted octanol–water partition coefficient (Wildman–Crippen LogP) is 4.42. The molecular weight excluding hydrogens is 489 g/mol. The van der Waals surface area contributed by atoms with Gasteiger partial charge in [0.05, 0.1) is 5.56 Å². The number of aromatic nitrogens is 1. The summed E-state index contributed by atoms with van der Waals surface area (Å²) in [7, 11) is 0. The third-order valence-electron chi connectivity index (χ3n) is 6.86. The van der Waals surface area contributed by atoms with E-state index < -0.39 is 11.7 Å². The molecule has 0 bridgehead atoms. The maximum absolute atomic E-state index is 13.1. The van der Waals surface area contributed by atoms with E-state index in [-0.39, 0.29) is 17.9 Å². The van der Waals surface area contributed by atoms with Crippen molar-refractivity contribution in [1.82, 2.24) is 19.7 Å². The first-order valence-electron chi connectivity index (χ1n) is 11.7. The summed E-state index contributed by atoms with van der Waals surface area (Å²) in [5, 5.41) is 2.31. The van der Waals surface area contributed by atoms with Gasteiger partial charge < -0.3 is 9.80 Å². The SMILES string of the molecule is Cc1cc(C(=O)N2CC(N3CCN(C(=O)c4nccs4)CC3)C2)ccc1-c1cccc(C(F)(F)F)c1. The van der Waals surface area contributed by atoms with Gasteiger partial charge in [0, 0.05) is 62.5 Å². The summed E-state index contributed by atoms with van der Waals surface area (Å²) < 4.78 is 39.3. The van der Waals surface area contributed by atoms with Crippen LogP contribution in [-0.4, -0.2) is 76.8 Å². The number of carbonyl (C=O) groups is 2. The van der Waals surface area contributed by atoms with Gasteiger partial charge in [-0.3, -0.25) is 14.5 Å². The number of likely N-dealkylation sites (tertiary alicyclic amines) is 1. The van der Waals surface area contributed by atoms with Crippen molar-refractivity contribution in [2.45, 2.75) is 19.1 Å². The van der Waals surface area contributed by atoms with Crippen molar-refractivity contribution in [3.8, 4) is 11.1 Å². The van der Waals surface area contributed by atoms with E-state index in [2.05, 4.69) is 9.88 Å². The standard InChI is InChI=1S/C26H25F3N4O2S/c1-17-13-19(5-6-22(17)18-3-2-4-20(14-18)26(27,28)29)24(34)33-15-21(16-33)31-8-10-32(11-9-31)25(35)23-30-7-12-36-23/h2-7,12-14,21H,8-11,15-16H2,1H3.